The highest BCUT2D eigenvalue weighted by Gasteiger charge is 2.33. The van der Waals surface area contributed by atoms with Crippen molar-refractivity contribution in [2.24, 2.45) is 16.6 Å². The zero-order valence-corrected chi connectivity index (χ0v) is 17.8. The van der Waals surface area contributed by atoms with Gasteiger partial charge in [0.15, 0.2) is 5.96 Å². The molecule has 2 aliphatic rings. The molecule has 1 amide bonds. The Kier molecular flexibility index (Phi) is 10.0. The Labute approximate surface area is 168 Å². The number of nitrogens with zero attached hydrogens (tertiary/aromatic N) is 2. The summed E-state index contributed by atoms with van der Waals surface area (Å²) in [7, 11) is 1.76. The van der Waals surface area contributed by atoms with E-state index in [0.29, 0.717) is 18.9 Å². The van der Waals surface area contributed by atoms with Crippen LogP contribution in [0.5, 0.6) is 0 Å². The number of ether oxygens (including phenoxy) is 2. The lowest BCUT2D eigenvalue weighted by molar-refractivity contribution is -0.119. The van der Waals surface area contributed by atoms with Gasteiger partial charge in [0.1, 0.15) is 0 Å². The molecule has 2 rings (SSSR count). The maximum absolute atomic E-state index is 11.2. The molecule has 0 aromatic carbocycles. The number of hydrogen-bond acceptors (Lipinski definition) is 4. The Morgan fingerprint density at radius 1 is 1.44 bits per heavy atom. The molecule has 0 bridgehead atoms. The number of methoxy groups -OCH3 is 1. The Hall–Kier alpha value is -0.610. The number of rotatable bonds is 6. The van der Waals surface area contributed by atoms with Crippen molar-refractivity contribution in [3.63, 3.8) is 0 Å². The van der Waals surface area contributed by atoms with E-state index >= 15 is 0 Å². The van der Waals surface area contributed by atoms with Gasteiger partial charge in [-0.2, -0.15) is 0 Å². The van der Waals surface area contributed by atoms with Gasteiger partial charge in [-0.15, -0.1) is 24.0 Å². The van der Waals surface area contributed by atoms with Crippen molar-refractivity contribution in [2.75, 3.05) is 46.5 Å². The highest BCUT2D eigenvalue weighted by Crippen LogP contribution is 2.25. The summed E-state index contributed by atoms with van der Waals surface area (Å²) in [5, 5.41) is 3.38. The normalized spacial score (nSPS) is 23.7. The van der Waals surface area contributed by atoms with E-state index in [0.717, 1.165) is 64.5 Å². The summed E-state index contributed by atoms with van der Waals surface area (Å²) < 4.78 is 11.2. The predicted molar refractivity (Wildman–Crippen MR) is 109 cm³/mol. The summed E-state index contributed by atoms with van der Waals surface area (Å²) in [4.78, 5) is 18.3. The first-order valence-corrected chi connectivity index (χ1v) is 9.03. The van der Waals surface area contributed by atoms with E-state index < -0.39 is 0 Å². The van der Waals surface area contributed by atoms with Crippen LogP contribution in [-0.4, -0.2) is 68.9 Å². The van der Waals surface area contributed by atoms with Crippen LogP contribution in [0.25, 0.3) is 0 Å². The number of piperidine rings is 1. The number of nitrogens with two attached hydrogens (primary N) is 1. The maximum atomic E-state index is 11.2. The number of aliphatic imine (C=N–C) groups is 1. The van der Waals surface area contributed by atoms with E-state index in [9.17, 15) is 4.79 Å². The lowest BCUT2D eigenvalue weighted by atomic mass is 9.94. The second-order valence-electron chi connectivity index (χ2n) is 6.79. The average Bonchev–Trinajstić information content (AvgIpc) is 2.59. The van der Waals surface area contributed by atoms with Crippen LogP contribution in [-0.2, 0) is 14.3 Å². The molecular formula is C17H33IN4O3. The molecule has 0 radical (unpaired) electrons. The highest BCUT2D eigenvalue weighted by molar-refractivity contribution is 14.0. The van der Waals surface area contributed by atoms with Crippen molar-refractivity contribution in [3.05, 3.63) is 0 Å². The van der Waals surface area contributed by atoms with E-state index in [1.165, 1.54) is 0 Å². The number of likely N-dealkylation sites (tertiary alicyclic amines) is 1. The third-order valence-electron chi connectivity index (χ3n) is 5.00. The molecule has 3 N–H and O–H groups in total. The molecule has 2 heterocycles. The van der Waals surface area contributed by atoms with Crippen LogP contribution in [0.1, 0.15) is 39.0 Å². The molecule has 1 atom stereocenters. The molecule has 2 fully saturated rings. The maximum Gasteiger partial charge on any atom is 0.217 e. The van der Waals surface area contributed by atoms with Crippen molar-refractivity contribution in [2.45, 2.75) is 44.6 Å². The number of amides is 1. The zero-order valence-electron chi connectivity index (χ0n) is 15.5. The van der Waals surface area contributed by atoms with Crippen LogP contribution in [0.15, 0.2) is 4.99 Å². The second-order valence-corrected chi connectivity index (χ2v) is 6.79. The number of hydrogen-bond donors (Lipinski definition) is 2. The lowest BCUT2D eigenvalue weighted by Gasteiger charge is -2.37. The van der Waals surface area contributed by atoms with Crippen molar-refractivity contribution in [1.82, 2.24) is 10.2 Å². The molecule has 2 aliphatic heterocycles. The number of carbonyl (C=O) groups is 1. The van der Waals surface area contributed by atoms with Gasteiger partial charge in [0.05, 0.1) is 12.1 Å². The van der Waals surface area contributed by atoms with Gasteiger partial charge in [0, 0.05) is 59.2 Å². The van der Waals surface area contributed by atoms with Gasteiger partial charge in [0.2, 0.25) is 5.91 Å². The summed E-state index contributed by atoms with van der Waals surface area (Å²) in [5.41, 5.74) is 5.14. The van der Waals surface area contributed by atoms with Gasteiger partial charge in [-0.25, -0.2) is 0 Å². The van der Waals surface area contributed by atoms with E-state index in [-0.39, 0.29) is 35.5 Å². The molecule has 0 aromatic heterocycles. The summed E-state index contributed by atoms with van der Waals surface area (Å²) in [6, 6.07) is 0. The number of carbonyl (C=O) groups excluding carboxylic acids is 1. The molecule has 146 valence electrons. The predicted octanol–water partition coefficient (Wildman–Crippen LogP) is 1.35. The summed E-state index contributed by atoms with van der Waals surface area (Å²) in [6.45, 7) is 6.77. The molecule has 1 unspecified atom stereocenters. The first-order chi connectivity index (χ1) is 11.6. The Morgan fingerprint density at radius 3 is 2.76 bits per heavy atom. The number of halogens is 1. The molecule has 0 aliphatic carbocycles. The van der Waals surface area contributed by atoms with Crippen molar-refractivity contribution in [1.29, 1.82) is 0 Å². The minimum absolute atomic E-state index is 0. The second kappa shape index (κ2) is 11.2. The SMILES string of the molecule is CCNC(=NCC1(OC)CCOCC1)N1CCCC(CC(N)=O)C1.I. The largest absolute Gasteiger partial charge is 0.381 e. The number of primary amides is 1. The van der Waals surface area contributed by atoms with Crippen LogP contribution in [0, 0.1) is 5.92 Å². The van der Waals surface area contributed by atoms with Gasteiger partial charge >= 0.3 is 0 Å². The topological polar surface area (TPSA) is 89.2 Å². The minimum atomic E-state index is -0.221. The van der Waals surface area contributed by atoms with Crippen LogP contribution in [0.3, 0.4) is 0 Å². The quantitative estimate of drug-likeness (QED) is 0.349. The van der Waals surface area contributed by atoms with Crippen molar-refractivity contribution < 1.29 is 14.3 Å². The van der Waals surface area contributed by atoms with Crippen LogP contribution < -0.4 is 11.1 Å². The molecule has 7 nitrogen and oxygen atoms in total. The van der Waals surface area contributed by atoms with Crippen molar-refractivity contribution in [3.8, 4) is 0 Å². The molecule has 2 saturated heterocycles. The third kappa shape index (κ3) is 6.90. The summed E-state index contributed by atoms with van der Waals surface area (Å²) in [6.07, 6.45) is 4.31. The number of nitrogens with one attached hydrogen (secondary N) is 1. The van der Waals surface area contributed by atoms with Gasteiger partial charge in [-0.1, -0.05) is 0 Å². The molecule has 0 saturated carbocycles. The first-order valence-electron chi connectivity index (χ1n) is 9.03. The fraction of sp³-hybridized carbons (Fsp3) is 0.882. The molecule has 25 heavy (non-hydrogen) atoms. The summed E-state index contributed by atoms with van der Waals surface area (Å²) in [5.74, 6) is 1.01. The van der Waals surface area contributed by atoms with E-state index in [4.69, 9.17) is 20.2 Å². The Balaban J connectivity index is 0.00000312. The average molecular weight is 468 g/mol. The van der Waals surface area contributed by atoms with Gasteiger partial charge in [-0.3, -0.25) is 9.79 Å². The number of guanidine groups is 1. The zero-order chi connectivity index (χ0) is 17.4. The lowest BCUT2D eigenvalue weighted by Crippen LogP contribution is -2.48. The van der Waals surface area contributed by atoms with Crippen LogP contribution in [0.4, 0.5) is 0 Å². The molecule has 0 aromatic rings. The first kappa shape index (κ1) is 22.4. The van der Waals surface area contributed by atoms with E-state index in [2.05, 4.69) is 17.1 Å². The van der Waals surface area contributed by atoms with Gasteiger partial charge < -0.3 is 25.4 Å². The fourth-order valence-electron chi connectivity index (χ4n) is 3.52. The third-order valence-corrected chi connectivity index (χ3v) is 5.00. The van der Waals surface area contributed by atoms with Crippen LogP contribution >= 0.6 is 24.0 Å². The van der Waals surface area contributed by atoms with Crippen LogP contribution in [0.2, 0.25) is 0 Å². The Morgan fingerprint density at radius 2 is 2.16 bits per heavy atom. The van der Waals surface area contributed by atoms with Gasteiger partial charge in [0.25, 0.3) is 0 Å². The minimum Gasteiger partial charge on any atom is -0.381 e. The van der Waals surface area contributed by atoms with E-state index in [1.807, 2.05) is 0 Å². The monoisotopic (exact) mass is 468 g/mol. The highest BCUT2D eigenvalue weighted by atomic mass is 127. The summed E-state index contributed by atoms with van der Waals surface area (Å²) >= 11 is 0. The molecule has 8 heteroatoms. The smallest absolute Gasteiger partial charge is 0.217 e. The Bertz CT molecular complexity index is 442. The molecule has 0 spiro atoms. The van der Waals surface area contributed by atoms with E-state index in [1.54, 1.807) is 7.11 Å². The van der Waals surface area contributed by atoms with Gasteiger partial charge in [-0.05, 0) is 25.7 Å². The van der Waals surface area contributed by atoms with Crippen molar-refractivity contribution >= 4 is 35.8 Å². The fourth-order valence-corrected chi connectivity index (χ4v) is 3.52. The standard InChI is InChI=1S/C17H32N4O3.HI/c1-3-19-16(20-13-17(23-2)6-9-24-10-7-17)21-8-4-5-14(12-21)11-15(18)22;/h14H,3-13H2,1-2H3,(H2,18,22)(H,19,20);1H. The molecular weight excluding hydrogens is 435 g/mol.